The number of carbonyl (C=O) groups is 1. The number of nitro groups is 1. The number of carboxylic acid groups (broad SMARTS) is 1. The molecule has 0 atom stereocenters. The highest BCUT2D eigenvalue weighted by atomic mass is 16.6. The van der Waals surface area contributed by atoms with Crippen LogP contribution in [0.1, 0.15) is 29.6 Å². The first-order valence-electron chi connectivity index (χ1n) is 6.28. The van der Waals surface area contributed by atoms with Gasteiger partial charge in [-0.15, -0.1) is 0 Å². The van der Waals surface area contributed by atoms with Gasteiger partial charge in [0.25, 0.3) is 5.69 Å². The smallest absolute Gasteiger partial charge is 0.335 e. The Morgan fingerprint density at radius 3 is 2.70 bits per heavy atom. The number of ether oxygens (including phenoxy) is 1. The second-order valence-electron chi connectivity index (χ2n) is 4.89. The Kier molecular flexibility index (Phi) is 3.89. The molecule has 108 valence electrons. The molecular weight excluding hydrogens is 264 g/mol. The minimum absolute atomic E-state index is 0.0122. The maximum absolute atomic E-state index is 11.0. The minimum Gasteiger partial charge on any atom is -0.478 e. The van der Waals surface area contributed by atoms with Crippen LogP contribution in [0.2, 0.25) is 0 Å². The third-order valence-corrected chi connectivity index (χ3v) is 3.74. The lowest BCUT2D eigenvalue weighted by Gasteiger charge is -2.40. The molecular formula is C13H16N2O5. The topological polar surface area (TPSA) is 102 Å². The Morgan fingerprint density at radius 2 is 2.25 bits per heavy atom. The van der Waals surface area contributed by atoms with Crippen molar-refractivity contribution in [1.29, 1.82) is 0 Å². The van der Waals surface area contributed by atoms with Crippen LogP contribution in [0.25, 0.3) is 0 Å². The van der Waals surface area contributed by atoms with Crippen LogP contribution in [-0.2, 0) is 4.74 Å². The van der Waals surface area contributed by atoms with Gasteiger partial charge < -0.3 is 15.2 Å². The SMILES string of the molecule is COC1(CNc2cc(C(=O)O)ccc2[N+](=O)[O-])CCC1. The summed E-state index contributed by atoms with van der Waals surface area (Å²) >= 11 is 0. The van der Waals surface area contributed by atoms with Crippen molar-refractivity contribution >= 4 is 17.3 Å². The molecule has 0 spiro atoms. The van der Waals surface area contributed by atoms with Crippen molar-refractivity contribution < 1.29 is 19.6 Å². The summed E-state index contributed by atoms with van der Waals surface area (Å²) in [5.74, 6) is -1.12. The summed E-state index contributed by atoms with van der Waals surface area (Å²) in [7, 11) is 1.61. The zero-order chi connectivity index (χ0) is 14.8. The van der Waals surface area contributed by atoms with Crippen molar-refractivity contribution in [2.75, 3.05) is 19.0 Å². The quantitative estimate of drug-likeness (QED) is 0.612. The number of nitro benzene ring substituents is 1. The lowest BCUT2D eigenvalue weighted by atomic mass is 9.80. The normalized spacial score (nSPS) is 16.2. The lowest BCUT2D eigenvalue weighted by molar-refractivity contribution is -0.384. The summed E-state index contributed by atoms with van der Waals surface area (Å²) < 4.78 is 5.42. The van der Waals surface area contributed by atoms with Gasteiger partial charge in [0, 0.05) is 19.7 Å². The Morgan fingerprint density at radius 1 is 1.55 bits per heavy atom. The van der Waals surface area contributed by atoms with Crippen molar-refractivity contribution in [3.05, 3.63) is 33.9 Å². The largest absolute Gasteiger partial charge is 0.478 e. The molecule has 1 aromatic carbocycles. The number of carboxylic acids is 1. The zero-order valence-corrected chi connectivity index (χ0v) is 11.1. The number of aromatic carboxylic acids is 1. The molecule has 0 unspecified atom stereocenters. The first kappa shape index (κ1) is 14.3. The van der Waals surface area contributed by atoms with Crippen LogP contribution in [0.4, 0.5) is 11.4 Å². The fourth-order valence-corrected chi connectivity index (χ4v) is 2.25. The molecule has 20 heavy (non-hydrogen) atoms. The number of rotatable bonds is 6. The fourth-order valence-electron chi connectivity index (χ4n) is 2.25. The van der Waals surface area contributed by atoms with Crippen LogP contribution in [0.3, 0.4) is 0 Å². The molecule has 1 aliphatic carbocycles. The molecule has 1 fully saturated rings. The molecule has 1 aromatic rings. The Bertz CT molecular complexity index is 534. The molecule has 0 aromatic heterocycles. The Hall–Kier alpha value is -2.15. The molecule has 0 bridgehead atoms. The third kappa shape index (κ3) is 2.72. The van der Waals surface area contributed by atoms with Gasteiger partial charge in [-0.05, 0) is 31.4 Å². The summed E-state index contributed by atoms with van der Waals surface area (Å²) in [6, 6.07) is 3.70. The highest BCUT2D eigenvalue weighted by Crippen LogP contribution is 2.36. The molecule has 0 amide bonds. The summed E-state index contributed by atoms with van der Waals surface area (Å²) in [6.45, 7) is 0.424. The maximum Gasteiger partial charge on any atom is 0.335 e. The van der Waals surface area contributed by atoms with Crippen molar-refractivity contribution in [3.63, 3.8) is 0 Å². The second-order valence-corrected chi connectivity index (χ2v) is 4.89. The van der Waals surface area contributed by atoms with Gasteiger partial charge in [0.05, 0.1) is 16.1 Å². The molecule has 1 saturated carbocycles. The van der Waals surface area contributed by atoms with Gasteiger partial charge in [0.1, 0.15) is 5.69 Å². The van der Waals surface area contributed by atoms with Gasteiger partial charge in [-0.1, -0.05) is 0 Å². The molecule has 0 saturated heterocycles. The molecule has 0 aliphatic heterocycles. The molecule has 0 heterocycles. The van der Waals surface area contributed by atoms with Gasteiger partial charge in [-0.2, -0.15) is 0 Å². The van der Waals surface area contributed by atoms with Crippen LogP contribution in [0.15, 0.2) is 18.2 Å². The van der Waals surface area contributed by atoms with Gasteiger partial charge in [0.2, 0.25) is 0 Å². The van der Waals surface area contributed by atoms with Crippen LogP contribution >= 0.6 is 0 Å². The summed E-state index contributed by atoms with van der Waals surface area (Å²) in [5, 5.41) is 22.9. The van der Waals surface area contributed by atoms with E-state index in [0.29, 0.717) is 6.54 Å². The van der Waals surface area contributed by atoms with Gasteiger partial charge in [-0.3, -0.25) is 10.1 Å². The minimum atomic E-state index is -1.12. The van der Waals surface area contributed by atoms with E-state index in [1.165, 1.54) is 18.2 Å². The highest BCUT2D eigenvalue weighted by Gasteiger charge is 2.37. The molecule has 2 rings (SSSR count). The van der Waals surface area contributed by atoms with E-state index in [2.05, 4.69) is 5.32 Å². The van der Waals surface area contributed by atoms with E-state index >= 15 is 0 Å². The van der Waals surface area contributed by atoms with E-state index in [9.17, 15) is 14.9 Å². The average Bonchev–Trinajstić information content (AvgIpc) is 2.37. The zero-order valence-electron chi connectivity index (χ0n) is 11.1. The fraction of sp³-hybridized carbons (Fsp3) is 0.462. The molecule has 7 heteroatoms. The van der Waals surface area contributed by atoms with Crippen molar-refractivity contribution in [2.24, 2.45) is 0 Å². The van der Waals surface area contributed by atoms with Crippen LogP contribution in [0, 0.1) is 10.1 Å². The standard InChI is InChI=1S/C13H16N2O5/c1-20-13(5-2-6-13)8-14-10-7-9(12(16)17)3-4-11(10)15(18)19/h3-4,7,14H,2,5-6,8H2,1H3,(H,16,17). The molecule has 2 N–H and O–H groups in total. The number of nitrogens with one attached hydrogen (secondary N) is 1. The summed E-state index contributed by atoms with van der Waals surface area (Å²) in [6.07, 6.45) is 2.85. The van der Waals surface area contributed by atoms with Crippen LogP contribution < -0.4 is 5.32 Å². The van der Waals surface area contributed by atoms with E-state index in [4.69, 9.17) is 9.84 Å². The monoisotopic (exact) mass is 280 g/mol. The van der Waals surface area contributed by atoms with Gasteiger partial charge in [-0.25, -0.2) is 4.79 Å². The summed E-state index contributed by atoms with van der Waals surface area (Å²) in [4.78, 5) is 21.4. The number of hydrogen-bond acceptors (Lipinski definition) is 5. The number of anilines is 1. The van der Waals surface area contributed by atoms with Gasteiger partial charge in [0.15, 0.2) is 0 Å². The van der Waals surface area contributed by atoms with Crippen molar-refractivity contribution in [2.45, 2.75) is 24.9 Å². The molecule has 7 nitrogen and oxygen atoms in total. The van der Waals surface area contributed by atoms with E-state index in [-0.39, 0.29) is 22.5 Å². The number of benzene rings is 1. The number of hydrogen-bond donors (Lipinski definition) is 2. The van der Waals surface area contributed by atoms with Crippen LogP contribution in [-0.4, -0.2) is 35.3 Å². The van der Waals surface area contributed by atoms with Crippen molar-refractivity contribution in [3.8, 4) is 0 Å². The predicted octanol–water partition coefficient (Wildman–Crippen LogP) is 2.27. The maximum atomic E-state index is 11.0. The third-order valence-electron chi connectivity index (χ3n) is 3.74. The lowest BCUT2D eigenvalue weighted by Crippen LogP contribution is -2.45. The first-order valence-corrected chi connectivity index (χ1v) is 6.28. The molecule has 1 aliphatic rings. The summed E-state index contributed by atoms with van der Waals surface area (Å²) in [5.41, 5.74) is -0.218. The van der Waals surface area contributed by atoms with Gasteiger partial charge >= 0.3 is 5.97 Å². The van der Waals surface area contributed by atoms with Crippen LogP contribution in [0.5, 0.6) is 0 Å². The second kappa shape index (κ2) is 5.46. The van der Waals surface area contributed by atoms with E-state index < -0.39 is 10.9 Å². The number of methoxy groups -OCH3 is 1. The predicted molar refractivity (Wildman–Crippen MR) is 72.1 cm³/mol. The van der Waals surface area contributed by atoms with E-state index in [1.807, 2.05) is 0 Å². The van der Waals surface area contributed by atoms with E-state index in [1.54, 1.807) is 7.11 Å². The first-order chi connectivity index (χ1) is 9.47. The molecule has 0 radical (unpaired) electrons. The Labute approximate surface area is 115 Å². The Balaban J connectivity index is 2.21. The van der Waals surface area contributed by atoms with E-state index in [0.717, 1.165) is 19.3 Å². The highest BCUT2D eigenvalue weighted by molar-refractivity contribution is 5.90. The average molecular weight is 280 g/mol. The van der Waals surface area contributed by atoms with Crippen molar-refractivity contribution in [1.82, 2.24) is 0 Å². The number of nitrogens with zero attached hydrogens (tertiary/aromatic N) is 1.